The number of hydroxylamine groups is 1. The van der Waals surface area contributed by atoms with Gasteiger partial charge in [0.2, 0.25) is 5.91 Å². The quantitative estimate of drug-likeness (QED) is 0.547. The molecule has 0 saturated carbocycles. The molecule has 184 valence electrons. The molecular weight excluding hydrogens is 479 g/mol. The first kappa shape index (κ1) is 23.6. The van der Waals surface area contributed by atoms with E-state index in [1.807, 2.05) is 41.8 Å². The van der Waals surface area contributed by atoms with Crippen LogP contribution in [-0.2, 0) is 22.4 Å². The normalized spacial score (nSPS) is 19.0. The third-order valence-electron chi connectivity index (χ3n) is 6.29. The zero-order valence-corrected chi connectivity index (χ0v) is 19.8. The second kappa shape index (κ2) is 9.46. The van der Waals surface area contributed by atoms with Gasteiger partial charge in [-0.2, -0.15) is 18.3 Å². The van der Waals surface area contributed by atoms with Gasteiger partial charge in [0.1, 0.15) is 12.6 Å². The summed E-state index contributed by atoms with van der Waals surface area (Å²) >= 11 is 1.59. The minimum absolute atomic E-state index is 0.170. The first-order valence-electron chi connectivity index (χ1n) is 11.3. The van der Waals surface area contributed by atoms with Crippen LogP contribution in [-0.4, -0.2) is 38.7 Å². The fraction of sp³-hybridized carbons (Fsp3) is 0.375. The number of nitrogens with zero attached hydrogens (tertiary/aromatic N) is 4. The zero-order chi connectivity index (χ0) is 24.6. The molecule has 11 heteroatoms. The highest BCUT2D eigenvalue weighted by Crippen LogP contribution is 2.34. The summed E-state index contributed by atoms with van der Waals surface area (Å²) in [6, 6.07) is 10.9. The number of aromatic nitrogens is 3. The number of benzene rings is 1. The predicted octanol–water partition coefficient (Wildman–Crippen LogP) is 4.69. The van der Waals surface area contributed by atoms with E-state index >= 15 is 0 Å². The van der Waals surface area contributed by atoms with E-state index in [4.69, 9.17) is 9.82 Å². The van der Waals surface area contributed by atoms with Gasteiger partial charge in [0.05, 0.1) is 16.4 Å². The number of hydrogen-bond acceptors (Lipinski definition) is 6. The number of hydrogen-bond donors (Lipinski definition) is 1. The van der Waals surface area contributed by atoms with Crippen LogP contribution in [0.4, 0.5) is 13.2 Å². The first-order chi connectivity index (χ1) is 16.8. The number of likely N-dealkylation sites (tertiary alicyclic amines) is 1. The van der Waals surface area contributed by atoms with Crippen molar-refractivity contribution in [2.24, 2.45) is 0 Å². The number of carbonyl (C=O) groups is 1. The summed E-state index contributed by atoms with van der Waals surface area (Å²) in [5.41, 5.74) is 5.03. The topological polar surface area (TPSA) is 72.3 Å². The minimum atomic E-state index is -4.53. The van der Waals surface area contributed by atoms with Gasteiger partial charge in [0.15, 0.2) is 5.69 Å². The van der Waals surface area contributed by atoms with Crippen molar-refractivity contribution < 1.29 is 22.8 Å². The summed E-state index contributed by atoms with van der Waals surface area (Å²) in [7, 11) is 0. The van der Waals surface area contributed by atoms with Crippen LogP contribution in [0.15, 0.2) is 47.9 Å². The van der Waals surface area contributed by atoms with Gasteiger partial charge in [-0.05, 0) is 37.5 Å². The van der Waals surface area contributed by atoms with Gasteiger partial charge >= 0.3 is 6.18 Å². The Morgan fingerprint density at radius 2 is 1.97 bits per heavy atom. The van der Waals surface area contributed by atoms with Crippen molar-refractivity contribution in [3.63, 3.8) is 0 Å². The third-order valence-corrected chi connectivity index (χ3v) is 7.30. The number of rotatable bonds is 5. The number of carbonyl (C=O) groups excluding carboxylic acids is 1. The molecule has 1 atom stereocenters. The average molecular weight is 504 g/mol. The molecule has 4 heterocycles. The maximum atomic E-state index is 12.9. The molecule has 1 unspecified atom stereocenters. The van der Waals surface area contributed by atoms with E-state index in [0.29, 0.717) is 18.8 Å². The van der Waals surface area contributed by atoms with Crippen LogP contribution in [0.25, 0.3) is 5.70 Å². The summed E-state index contributed by atoms with van der Waals surface area (Å²) in [5, 5.41) is 6.57. The Bertz CT molecular complexity index is 1230. The lowest BCUT2D eigenvalue weighted by molar-refractivity contribution is -0.142. The zero-order valence-electron chi connectivity index (χ0n) is 19.0. The van der Waals surface area contributed by atoms with E-state index in [0.717, 1.165) is 45.6 Å². The second-order valence-corrected chi connectivity index (χ2v) is 9.57. The molecule has 2 aliphatic rings. The Morgan fingerprint density at radius 1 is 1.23 bits per heavy atom. The van der Waals surface area contributed by atoms with Crippen molar-refractivity contribution >= 4 is 22.9 Å². The highest BCUT2D eigenvalue weighted by atomic mass is 32.1. The van der Waals surface area contributed by atoms with Crippen LogP contribution in [0, 0.1) is 6.92 Å². The molecule has 1 N–H and O–H groups in total. The Balaban J connectivity index is 1.17. The van der Waals surface area contributed by atoms with E-state index in [-0.39, 0.29) is 24.5 Å². The highest BCUT2D eigenvalue weighted by Gasteiger charge is 2.35. The van der Waals surface area contributed by atoms with Gasteiger partial charge in [0.25, 0.3) is 0 Å². The molecule has 2 aliphatic heterocycles. The van der Waals surface area contributed by atoms with Gasteiger partial charge in [-0.15, -0.1) is 11.3 Å². The van der Waals surface area contributed by atoms with Crippen molar-refractivity contribution in [1.82, 2.24) is 25.1 Å². The fourth-order valence-electron chi connectivity index (χ4n) is 4.30. The summed E-state index contributed by atoms with van der Waals surface area (Å²) in [4.78, 5) is 24.9. The van der Waals surface area contributed by atoms with E-state index < -0.39 is 11.9 Å². The molecular formula is C24H24F3N5O2S. The predicted molar refractivity (Wildman–Crippen MR) is 124 cm³/mol. The Kier molecular flexibility index (Phi) is 6.37. The summed E-state index contributed by atoms with van der Waals surface area (Å²) in [6.45, 7) is 2.38. The molecule has 5 rings (SSSR count). The maximum Gasteiger partial charge on any atom is 0.435 e. The van der Waals surface area contributed by atoms with E-state index in [1.54, 1.807) is 16.2 Å². The standard InChI is InChI=1S/C24H24F3N5O2S/c1-15-11-21(24(25,26)27)29-32(15)13-22(33)31-9-7-17(8-10-31)23-28-19(14-35-23)18-12-20(34-30-18)16-5-3-2-4-6-16/h2-6,11-12,14,17,20,30H,7-10,13H2,1H3. The highest BCUT2D eigenvalue weighted by molar-refractivity contribution is 7.09. The van der Waals surface area contributed by atoms with Crippen molar-refractivity contribution in [1.29, 1.82) is 0 Å². The molecule has 0 radical (unpaired) electrons. The van der Waals surface area contributed by atoms with Crippen molar-refractivity contribution in [3.05, 3.63) is 75.5 Å². The van der Waals surface area contributed by atoms with Crippen molar-refractivity contribution in [2.45, 2.75) is 44.5 Å². The number of thiazole rings is 1. The van der Waals surface area contributed by atoms with Gasteiger partial charge in [-0.1, -0.05) is 30.3 Å². The van der Waals surface area contributed by atoms with Crippen molar-refractivity contribution in [3.8, 4) is 0 Å². The molecule has 35 heavy (non-hydrogen) atoms. The number of nitrogens with one attached hydrogen (secondary N) is 1. The number of alkyl halides is 3. The molecule has 0 spiro atoms. The smallest absolute Gasteiger partial charge is 0.341 e. The van der Waals surface area contributed by atoms with Gasteiger partial charge < -0.3 is 4.90 Å². The Morgan fingerprint density at radius 3 is 2.66 bits per heavy atom. The molecule has 1 saturated heterocycles. The maximum absolute atomic E-state index is 12.9. The molecule has 0 bridgehead atoms. The van der Waals surface area contributed by atoms with E-state index in [9.17, 15) is 18.0 Å². The monoisotopic (exact) mass is 503 g/mol. The molecule has 7 nitrogen and oxygen atoms in total. The number of halogens is 3. The molecule has 3 aromatic rings. The fourth-order valence-corrected chi connectivity index (χ4v) is 5.29. The first-order valence-corrected chi connectivity index (χ1v) is 12.2. The largest absolute Gasteiger partial charge is 0.435 e. The molecule has 0 aliphatic carbocycles. The van der Waals surface area contributed by atoms with Gasteiger partial charge in [0, 0.05) is 30.1 Å². The number of piperidine rings is 1. The molecule has 1 amide bonds. The van der Waals surface area contributed by atoms with Crippen LogP contribution in [0.2, 0.25) is 0 Å². The number of amides is 1. The van der Waals surface area contributed by atoms with E-state index in [1.165, 1.54) is 6.92 Å². The summed E-state index contributed by atoms with van der Waals surface area (Å²) < 4.78 is 39.8. The summed E-state index contributed by atoms with van der Waals surface area (Å²) in [5.74, 6) is 0.00142. The second-order valence-electron chi connectivity index (χ2n) is 8.68. The van der Waals surface area contributed by atoms with Crippen LogP contribution in [0.1, 0.15) is 52.5 Å². The Hall–Kier alpha value is -3.18. The lowest BCUT2D eigenvalue weighted by Crippen LogP contribution is -2.40. The molecule has 2 aromatic heterocycles. The van der Waals surface area contributed by atoms with Crippen LogP contribution in [0.3, 0.4) is 0 Å². The van der Waals surface area contributed by atoms with E-state index in [2.05, 4.69) is 10.6 Å². The summed E-state index contributed by atoms with van der Waals surface area (Å²) in [6.07, 6.45) is -1.18. The van der Waals surface area contributed by atoms with Crippen LogP contribution in [0.5, 0.6) is 0 Å². The van der Waals surface area contributed by atoms with Gasteiger partial charge in [-0.25, -0.2) is 4.98 Å². The average Bonchev–Trinajstić information content (AvgIpc) is 3.60. The molecule has 1 aromatic carbocycles. The van der Waals surface area contributed by atoms with Crippen molar-refractivity contribution in [2.75, 3.05) is 13.1 Å². The lowest BCUT2D eigenvalue weighted by Gasteiger charge is -2.31. The van der Waals surface area contributed by atoms with Crippen LogP contribution < -0.4 is 5.48 Å². The SMILES string of the molecule is Cc1cc(C(F)(F)F)nn1CC(=O)N1CCC(c2nc(C3=CC(c4ccccc4)ON3)cs2)CC1. The van der Waals surface area contributed by atoms with Crippen LogP contribution >= 0.6 is 11.3 Å². The lowest BCUT2D eigenvalue weighted by atomic mass is 9.97. The minimum Gasteiger partial charge on any atom is -0.341 e. The number of aryl methyl sites for hydroxylation is 1. The molecule has 1 fully saturated rings. The van der Waals surface area contributed by atoms with Gasteiger partial charge in [-0.3, -0.25) is 19.8 Å². The Labute approximate surface area is 204 Å². The third kappa shape index (κ3) is 5.10.